The smallest absolute Gasteiger partial charge is 0.191 e. The summed E-state index contributed by atoms with van der Waals surface area (Å²) >= 11 is 0. The average Bonchev–Trinajstić information content (AvgIpc) is 3.00. The van der Waals surface area contributed by atoms with Crippen LogP contribution in [0.5, 0.6) is 0 Å². The Morgan fingerprint density at radius 3 is 2.71 bits per heavy atom. The second-order valence-electron chi connectivity index (χ2n) is 6.83. The van der Waals surface area contributed by atoms with Crippen LogP contribution in [-0.4, -0.2) is 63.7 Å². The Morgan fingerprint density at radius 1 is 1.29 bits per heavy atom. The summed E-state index contributed by atoms with van der Waals surface area (Å²) in [6, 6.07) is 9.27. The van der Waals surface area contributed by atoms with E-state index in [2.05, 4.69) is 72.6 Å². The Balaban J connectivity index is 1.84. The molecule has 1 atom stereocenters. The molecule has 24 heavy (non-hydrogen) atoms. The predicted octanol–water partition coefficient (Wildman–Crippen LogP) is 2.08. The minimum absolute atomic E-state index is 0.456. The second kappa shape index (κ2) is 9.52. The van der Waals surface area contributed by atoms with Gasteiger partial charge in [-0.3, -0.25) is 4.99 Å². The largest absolute Gasteiger partial charge is 0.369 e. The van der Waals surface area contributed by atoms with Gasteiger partial charge in [0, 0.05) is 37.9 Å². The molecule has 1 aliphatic rings. The number of nitrogens with one attached hydrogen (secondary N) is 2. The lowest BCUT2D eigenvalue weighted by atomic mass is 10.2. The third kappa shape index (κ3) is 6.04. The molecule has 2 rings (SSSR count). The van der Waals surface area contributed by atoms with Crippen LogP contribution in [0.1, 0.15) is 25.3 Å². The first-order chi connectivity index (χ1) is 11.6. The Labute approximate surface area is 147 Å². The van der Waals surface area contributed by atoms with Crippen LogP contribution in [0, 0.1) is 6.92 Å². The minimum atomic E-state index is 0.456. The van der Waals surface area contributed by atoms with Crippen molar-refractivity contribution in [2.24, 2.45) is 4.99 Å². The fourth-order valence-corrected chi connectivity index (χ4v) is 2.96. The Kier molecular flexibility index (Phi) is 7.37. The molecule has 0 spiro atoms. The first-order valence-corrected chi connectivity index (χ1v) is 9.09. The molecule has 2 N–H and O–H groups in total. The molecule has 1 aromatic carbocycles. The molecule has 0 saturated carbocycles. The molecule has 0 aromatic heterocycles. The zero-order valence-electron chi connectivity index (χ0n) is 15.7. The van der Waals surface area contributed by atoms with Crippen LogP contribution in [0.4, 0.5) is 5.69 Å². The zero-order valence-corrected chi connectivity index (χ0v) is 15.7. The monoisotopic (exact) mass is 331 g/mol. The summed E-state index contributed by atoms with van der Waals surface area (Å²) in [5.74, 6) is 0.951. The number of hydrogen-bond donors (Lipinski definition) is 2. The molecule has 0 radical (unpaired) electrons. The highest BCUT2D eigenvalue weighted by atomic mass is 15.2. The summed E-state index contributed by atoms with van der Waals surface area (Å²) in [6.45, 7) is 9.22. The van der Waals surface area contributed by atoms with E-state index in [1.807, 2.05) is 0 Å². The van der Waals surface area contributed by atoms with Crippen LogP contribution in [0.15, 0.2) is 29.3 Å². The number of rotatable bonds is 7. The Bertz CT molecular complexity index is 509. The summed E-state index contributed by atoms with van der Waals surface area (Å²) in [4.78, 5) is 9.36. The van der Waals surface area contributed by atoms with Crippen molar-refractivity contribution >= 4 is 11.6 Å². The Hall–Kier alpha value is -1.75. The van der Waals surface area contributed by atoms with Crippen molar-refractivity contribution < 1.29 is 0 Å². The molecular weight excluding hydrogens is 298 g/mol. The molecule has 0 aliphatic carbocycles. The van der Waals surface area contributed by atoms with E-state index in [1.165, 1.54) is 11.3 Å². The van der Waals surface area contributed by atoms with Gasteiger partial charge in [0.05, 0.1) is 0 Å². The van der Waals surface area contributed by atoms with Crippen LogP contribution in [-0.2, 0) is 0 Å². The van der Waals surface area contributed by atoms with Gasteiger partial charge in [-0.2, -0.15) is 0 Å². The summed E-state index contributed by atoms with van der Waals surface area (Å²) in [6.07, 6.45) is 2.24. The third-order valence-corrected chi connectivity index (χ3v) is 4.31. The van der Waals surface area contributed by atoms with E-state index in [-0.39, 0.29) is 0 Å². The number of benzene rings is 1. The van der Waals surface area contributed by atoms with Crippen LogP contribution in [0.2, 0.25) is 0 Å². The predicted molar refractivity (Wildman–Crippen MR) is 104 cm³/mol. The number of aryl methyl sites for hydroxylation is 1. The van der Waals surface area contributed by atoms with E-state index < -0.39 is 0 Å². The molecule has 1 saturated heterocycles. The first-order valence-electron chi connectivity index (χ1n) is 9.09. The first kappa shape index (κ1) is 18.6. The van der Waals surface area contributed by atoms with Gasteiger partial charge in [-0.05, 0) is 59.5 Å². The number of aliphatic imine (C=N–C) groups is 1. The molecule has 0 amide bonds. The van der Waals surface area contributed by atoms with Gasteiger partial charge in [-0.25, -0.2) is 0 Å². The van der Waals surface area contributed by atoms with Gasteiger partial charge in [0.15, 0.2) is 5.96 Å². The van der Waals surface area contributed by atoms with E-state index in [1.54, 1.807) is 0 Å². The van der Waals surface area contributed by atoms with Crippen LogP contribution < -0.4 is 15.5 Å². The molecule has 1 unspecified atom stereocenters. The van der Waals surface area contributed by atoms with Crippen LogP contribution in [0.3, 0.4) is 0 Å². The van der Waals surface area contributed by atoms with E-state index in [0.29, 0.717) is 6.04 Å². The minimum Gasteiger partial charge on any atom is -0.369 e. The van der Waals surface area contributed by atoms with Gasteiger partial charge >= 0.3 is 0 Å². The quantitative estimate of drug-likeness (QED) is 0.456. The van der Waals surface area contributed by atoms with Crippen LogP contribution >= 0.6 is 0 Å². The lowest BCUT2D eigenvalue weighted by Crippen LogP contribution is -2.44. The fourth-order valence-electron chi connectivity index (χ4n) is 2.96. The van der Waals surface area contributed by atoms with Crippen molar-refractivity contribution in [3.8, 4) is 0 Å². The summed E-state index contributed by atoms with van der Waals surface area (Å²) in [7, 11) is 4.21. The van der Waals surface area contributed by atoms with Crippen molar-refractivity contribution in [3.05, 3.63) is 29.8 Å². The number of guanidine groups is 1. The molecule has 1 fully saturated rings. The highest BCUT2D eigenvalue weighted by Crippen LogP contribution is 2.20. The highest BCUT2D eigenvalue weighted by Gasteiger charge is 2.23. The van der Waals surface area contributed by atoms with E-state index in [9.17, 15) is 0 Å². The molecule has 0 bridgehead atoms. The van der Waals surface area contributed by atoms with Gasteiger partial charge in [-0.15, -0.1) is 0 Å². The van der Waals surface area contributed by atoms with Gasteiger partial charge in [-0.1, -0.05) is 17.7 Å². The summed E-state index contributed by atoms with van der Waals surface area (Å²) < 4.78 is 0. The van der Waals surface area contributed by atoms with E-state index in [4.69, 9.17) is 4.99 Å². The number of anilines is 1. The maximum Gasteiger partial charge on any atom is 0.191 e. The van der Waals surface area contributed by atoms with Gasteiger partial charge in [0.2, 0.25) is 0 Å². The molecule has 1 aliphatic heterocycles. The van der Waals surface area contributed by atoms with Gasteiger partial charge in [0.25, 0.3) is 0 Å². The topological polar surface area (TPSA) is 42.9 Å². The second-order valence-corrected chi connectivity index (χ2v) is 6.83. The lowest BCUT2D eigenvalue weighted by molar-refractivity contribution is 0.403. The zero-order chi connectivity index (χ0) is 17.4. The van der Waals surface area contributed by atoms with Crippen molar-refractivity contribution in [3.63, 3.8) is 0 Å². The molecule has 5 nitrogen and oxygen atoms in total. The van der Waals surface area contributed by atoms with Crippen molar-refractivity contribution in [2.45, 2.75) is 32.7 Å². The van der Waals surface area contributed by atoms with Crippen molar-refractivity contribution in [1.82, 2.24) is 15.5 Å². The SMILES string of the molecule is CCNC(=NCCCN(C)C)NC1CCN(c2ccc(C)cc2)C1. The van der Waals surface area contributed by atoms with E-state index in [0.717, 1.165) is 51.5 Å². The summed E-state index contributed by atoms with van der Waals surface area (Å²) in [5, 5.41) is 6.97. The lowest BCUT2D eigenvalue weighted by Gasteiger charge is -2.20. The normalized spacial score (nSPS) is 18.3. The molecule has 5 heteroatoms. The number of hydrogen-bond acceptors (Lipinski definition) is 3. The van der Waals surface area contributed by atoms with Crippen molar-refractivity contribution in [1.29, 1.82) is 0 Å². The van der Waals surface area contributed by atoms with Crippen LogP contribution in [0.25, 0.3) is 0 Å². The third-order valence-electron chi connectivity index (χ3n) is 4.31. The molecular formula is C19H33N5. The number of nitrogens with zero attached hydrogens (tertiary/aromatic N) is 3. The summed E-state index contributed by atoms with van der Waals surface area (Å²) in [5.41, 5.74) is 2.63. The standard InChI is InChI=1S/C19H33N5/c1-5-20-19(21-12-6-13-23(3)4)22-17-11-14-24(15-17)18-9-7-16(2)8-10-18/h7-10,17H,5-6,11-15H2,1-4H3,(H2,20,21,22). The maximum absolute atomic E-state index is 4.71. The van der Waals surface area contributed by atoms with E-state index >= 15 is 0 Å². The van der Waals surface area contributed by atoms with Gasteiger partial charge < -0.3 is 20.4 Å². The molecule has 1 aromatic rings. The molecule has 134 valence electrons. The molecule has 1 heterocycles. The Morgan fingerprint density at radius 2 is 2.04 bits per heavy atom. The average molecular weight is 332 g/mol. The maximum atomic E-state index is 4.71. The van der Waals surface area contributed by atoms with Gasteiger partial charge in [0.1, 0.15) is 0 Å². The fraction of sp³-hybridized carbons (Fsp3) is 0.632. The van der Waals surface area contributed by atoms with Crippen molar-refractivity contribution in [2.75, 3.05) is 51.7 Å². The highest BCUT2D eigenvalue weighted by molar-refractivity contribution is 5.80.